The van der Waals surface area contributed by atoms with Crippen molar-refractivity contribution in [3.05, 3.63) is 11.8 Å². The highest BCUT2D eigenvalue weighted by Gasteiger charge is 2.15. The summed E-state index contributed by atoms with van der Waals surface area (Å²) >= 11 is 1.71. The number of thioether (sulfide) groups is 1. The lowest BCUT2D eigenvalue weighted by Crippen LogP contribution is -2.09. The Morgan fingerprint density at radius 2 is 2.00 bits per heavy atom. The molecular formula is C9H15N3S. The Bertz CT molecular complexity index is 304. The van der Waals surface area contributed by atoms with Gasteiger partial charge in [-0.05, 0) is 12.5 Å². The SMILES string of the molecule is Cc1cnc(N)nc1SC(C)(C)C. The highest BCUT2D eigenvalue weighted by molar-refractivity contribution is 8.00. The molecule has 0 spiro atoms. The van der Waals surface area contributed by atoms with Gasteiger partial charge in [0.2, 0.25) is 5.95 Å². The molecule has 4 heteroatoms. The molecule has 1 rings (SSSR count). The number of nitrogens with two attached hydrogens (primary N) is 1. The van der Waals surface area contributed by atoms with Crippen LogP contribution in [0.3, 0.4) is 0 Å². The summed E-state index contributed by atoms with van der Waals surface area (Å²) in [6.45, 7) is 8.44. The minimum Gasteiger partial charge on any atom is -0.368 e. The predicted octanol–water partition coefficient (Wildman–Crippen LogP) is 2.26. The van der Waals surface area contributed by atoms with Crippen molar-refractivity contribution in [3.8, 4) is 0 Å². The van der Waals surface area contributed by atoms with Crippen molar-refractivity contribution in [2.75, 3.05) is 5.73 Å². The summed E-state index contributed by atoms with van der Waals surface area (Å²) in [4.78, 5) is 8.11. The first-order chi connectivity index (χ1) is 5.88. The highest BCUT2D eigenvalue weighted by atomic mass is 32.2. The van der Waals surface area contributed by atoms with Crippen molar-refractivity contribution in [3.63, 3.8) is 0 Å². The van der Waals surface area contributed by atoms with E-state index in [0.29, 0.717) is 5.95 Å². The summed E-state index contributed by atoms with van der Waals surface area (Å²) in [5.41, 5.74) is 6.59. The van der Waals surface area contributed by atoms with Crippen LogP contribution >= 0.6 is 11.8 Å². The molecule has 0 fully saturated rings. The van der Waals surface area contributed by atoms with Crippen molar-refractivity contribution in [2.45, 2.75) is 37.5 Å². The van der Waals surface area contributed by atoms with Crippen LogP contribution in [0.25, 0.3) is 0 Å². The van der Waals surface area contributed by atoms with Gasteiger partial charge in [0.1, 0.15) is 5.03 Å². The van der Waals surface area contributed by atoms with Gasteiger partial charge >= 0.3 is 0 Å². The normalized spacial score (nSPS) is 11.7. The smallest absolute Gasteiger partial charge is 0.221 e. The first kappa shape index (κ1) is 10.3. The van der Waals surface area contributed by atoms with Gasteiger partial charge in [-0.15, -0.1) is 11.8 Å². The Kier molecular flexibility index (Phi) is 2.81. The molecule has 1 aromatic rings. The van der Waals surface area contributed by atoms with E-state index in [4.69, 9.17) is 5.73 Å². The number of nitrogen functional groups attached to an aromatic ring is 1. The largest absolute Gasteiger partial charge is 0.368 e. The average Bonchev–Trinajstić information content (AvgIpc) is 1.94. The van der Waals surface area contributed by atoms with Crippen LogP contribution in [-0.4, -0.2) is 14.7 Å². The zero-order chi connectivity index (χ0) is 10.1. The fourth-order valence-electron chi connectivity index (χ4n) is 0.833. The number of nitrogens with zero attached hydrogens (tertiary/aromatic N) is 2. The van der Waals surface area contributed by atoms with Crippen LogP contribution in [-0.2, 0) is 0 Å². The zero-order valence-electron chi connectivity index (χ0n) is 8.46. The molecule has 2 N–H and O–H groups in total. The Hall–Kier alpha value is -0.770. The van der Waals surface area contributed by atoms with Gasteiger partial charge in [0.15, 0.2) is 0 Å². The molecule has 0 aliphatic carbocycles. The molecule has 0 aromatic carbocycles. The molecule has 0 aliphatic heterocycles. The number of hydrogen-bond acceptors (Lipinski definition) is 4. The van der Waals surface area contributed by atoms with Crippen LogP contribution in [0.4, 0.5) is 5.95 Å². The summed E-state index contributed by atoms with van der Waals surface area (Å²) in [5.74, 6) is 0.345. The standard InChI is InChI=1S/C9H15N3S/c1-6-5-11-8(10)12-7(6)13-9(2,3)4/h5H,1-4H3,(H2,10,11,12). The average molecular weight is 197 g/mol. The van der Waals surface area contributed by atoms with Gasteiger partial charge in [0, 0.05) is 10.9 Å². The fourth-order valence-corrected chi connectivity index (χ4v) is 1.77. The van der Waals surface area contributed by atoms with Crippen LogP contribution < -0.4 is 5.73 Å². The summed E-state index contributed by atoms with van der Waals surface area (Å²) in [6, 6.07) is 0. The van der Waals surface area contributed by atoms with E-state index in [2.05, 4.69) is 30.7 Å². The third-order valence-electron chi connectivity index (χ3n) is 1.35. The zero-order valence-corrected chi connectivity index (χ0v) is 9.27. The quantitative estimate of drug-likeness (QED) is 0.554. The molecule has 1 heterocycles. The van der Waals surface area contributed by atoms with Crippen molar-refractivity contribution >= 4 is 17.7 Å². The van der Waals surface area contributed by atoms with Gasteiger partial charge in [-0.25, -0.2) is 9.97 Å². The molecule has 3 nitrogen and oxygen atoms in total. The van der Waals surface area contributed by atoms with E-state index in [0.717, 1.165) is 10.6 Å². The van der Waals surface area contributed by atoms with Crippen molar-refractivity contribution < 1.29 is 0 Å². The second-order valence-corrected chi connectivity index (χ2v) is 5.75. The van der Waals surface area contributed by atoms with Gasteiger partial charge in [-0.1, -0.05) is 20.8 Å². The number of hydrogen-bond donors (Lipinski definition) is 1. The Labute approximate surface area is 83.2 Å². The number of rotatable bonds is 1. The minimum atomic E-state index is 0.158. The van der Waals surface area contributed by atoms with Crippen molar-refractivity contribution in [2.24, 2.45) is 0 Å². The van der Waals surface area contributed by atoms with Gasteiger partial charge < -0.3 is 5.73 Å². The van der Waals surface area contributed by atoms with E-state index >= 15 is 0 Å². The van der Waals surface area contributed by atoms with Gasteiger partial charge in [0.05, 0.1) is 0 Å². The molecule has 0 saturated carbocycles. The molecule has 0 aliphatic rings. The summed E-state index contributed by atoms with van der Waals surface area (Å²) in [6.07, 6.45) is 1.76. The Morgan fingerprint density at radius 3 is 2.54 bits per heavy atom. The Balaban J connectivity index is 2.94. The first-order valence-electron chi connectivity index (χ1n) is 4.16. The lowest BCUT2D eigenvalue weighted by atomic mass is 10.3. The highest BCUT2D eigenvalue weighted by Crippen LogP contribution is 2.32. The summed E-state index contributed by atoms with van der Waals surface area (Å²) in [7, 11) is 0. The third-order valence-corrected chi connectivity index (χ3v) is 2.57. The summed E-state index contributed by atoms with van der Waals surface area (Å²) in [5, 5.41) is 0.972. The lowest BCUT2D eigenvalue weighted by molar-refractivity contribution is 0.797. The van der Waals surface area contributed by atoms with Gasteiger partial charge in [0.25, 0.3) is 0 Å². The molecule has 0 atom stereocenters. The monoisotopic (exact) mass is 197 g/mol. The molecule has 0 amide bonds. The fraction of sp³-hybridized carbons (Fsp3) is 0.556. The van der Waals surface area contributed by atoms with E-state index in [-0.39, 0.29) is 4.75 Å². The maximum absolute atomic E-state index is 5.51. The molecular weight excluding hydrogens is 182 g/mol. The van der Waals surface area contributed by atoms with E-state index in [9.17, 15) is 0 Å². The summed E-state index contributed by atoms with van der Waals surface area (Å²) < 4.78 is 0.158. The van der Waals surface area contributed by atoms with E-state index in [1.807, 2.05) is 6.92 Å². The molecule has 0 unspecified atom stereocenters. The predicted molar refractivity (Wildman–Crippen MR) is 56.8 cm³/mol. The first-order valence-corrected chi connectivity index (χ1v) is 4.98. The Morgan fingerprint density at radius 1 is 1.38 bits per heavy atom. The second-order valence-electron chi connectivity index (χ2n) is 3.93. The maximum atomic E-state index is 5.51. The van der Waals surface area contributed by atoms with Crippen LogP contribution in [0.1, 0.15) is 26.3 Å². The molecule has 1 aromatic heterocycles. The van der Waals surface area contributed by atoms with Gasteiger partial charge in [-0.2, -0.15) is 0 Å². The van der Waals surface area contributed by atoms with E-state index in [1.54, 1.807) is 18.0 Å². The molecule has 0 radical (unpaired) electrons. The molecule has 72 valence electrons. The molecule has 0 saturated heterocycles. The van der Waals surface area contributed by atoms with Crippen LogP contribution in [0.2, 0.25) is 0 Å². The van der Waals surface area contributed by atoms with Crippen LogP contribution in [0.5, 0.6) is 0 Å². The number of aryl methyl sites for hydroxylation is 1. The van der Waals surface area contributed by atoms with Gasteiger partial charge in [-0.3, -0.25) is 0 Å². The lowest BCUT2D eigenvalue weighted by Gasteiger charge is -2.17. The van der Waals surface area contributed by atoms with E-state index < -0.39 is 0 Å². The van der Waals surface area contributed by atoms with Crippen LogP contribution in [0.15, 0.2) is 11.2 Å². The third kappa shape index (κ3) is 3.22. The molecule has 13 heavy (non-hydrogen) atoms. The molecule has 0 bridgehead atoms. The van der Waals surface area contributed by atoms with Crippen molar-refractivity contribution in [1.29, 1.82) is 0 Å². The topological polar surface area (TPSA) is 51.8 Å². The number of aromatic nitrogens is 2. The van der Waals surface area contributed by atoms with Crippen LogP contribution in [0, 0.1) is 6.92 Å². The number of anilines is 1. The minimum absolute atomic E-state index is 0.158. The van der Waals surface area contributed by atoms with Crippen molar-refractivity contribution in [1.82, 2.24) is 9.97 Å². The van der Waals surface area contributed by atoms with E-state index in [1.165, 1.54) is 0 Å². The maximum Gasteiger partial charge on any atom is 0.221 e. The second kappa shape index (κ2) is 3.54.